The minimum atomic E-state index is -4.90. The van der Waals surface area contributed by atoms with Crippen molar-refractivity contribution < 1.29 is 22.8 Å². The van der Waals surface area contributed by atoms with Crippen LogP contribution in [-0.2, 0) is 4.79 Å². The Morgan fingerprint density at radius 2 is 2.06 bits per heavy atom. The van der Waals surface area contributed by atoms with Gasteiger partial charge in [0.15, 0.2) is 5.78 Å². The smallest absolute Gasteiger partial charge is 0.312 e. The molecule has 3 nitrogen and oxygen atoms in total. The number of fused-ring (bicyclic) bond motifs is 3. The van der Waals surface area contributed by atoms with Crippen LogP contribution in [0.5, 0.6) is 0 Å². The minimum absolute atomic E-state index is 0.368. The SMILES string of the molecule is O=C1c2sccc2[C@@H]2[C@@H]1N2C(=O)C(F)(F)F. The summed E-state index contributed by atoms with van der Waals surface area (Å²) in [5.41, 5.74) is 0.553. The van der Waals surface area contributed by atoms with Crippen molar-refractivity contribution in [3.05, 3.63) is 21.9 Å². The van der Waals surface area contributed by atoms with E-state index in [1.165, 1.54) is 11.3 Å². The molecular formula is C9H4F3NO2S. The monoisotopic (exact) mass is 247 g/mol. The highest BCUT2D eigenvalue weighted by molar-refractivity contribution is 7.12. The normalized spacial score (nSPS) is 26.7. The van der Waals surface area contributed by atoms with E-state index in [0.717, 1.165) is 0 Å². The van der Waals surface area contributed by atoms with E-state index in [4.69, 9.17) is 0 Å². The zero-order chi connectivity index (χ0) is 11.7. The molecule has 1 saturated heterocycles. The van der Waals surface area contributed by atoms with E-state index in [1.54, 1.807) is 11.4 Å². The molecule has 2 atom stereocenters. The lowest BCUT2D eigenvalue weighted by atomic mass is 10.2. The lowest BCUT2D eigenvalue weighted by molar-refractivity contribution is -0.180. The third-order valence-corrected chi connectivity index (χ3v) is 3.74. The summed E-state index contributed by atoms with van der Waals surface area (Å²) in [4.78, 5) is 23.7. The third-order valence-electron chi connectivity index (χ3n) is 2.79. The fraction of sp³-hybridized carbons (Fsp3) is 0.333. The number of hydrogen-bond donors (Lipinski definition) is 0. The van der Waals surface area contributed by atoms with Gasteiger partial charge in [-0.25, -0.2) is 0 Å². The first-order chi connectivity index (χ1) is 7.43. The Balaban J connectivity index is 1.93. The van der Waals surface area contributed by atoms with Crippen molar-refractivity contribution in [2.24, 2.45) is 0 Å². The van der Waals surface area contributed by atoms with Crippen LogP contribution in [0.15, 0.2) is 11.4 Å². The van der Waals surface area contributed by atoms with Gasteiger partial charge in [-0.2, -0.15) is 13.2 Å². The summed E-state index contributed by atoms with van der Waals surface area (Å²) in [5.74, 6) is -2.29. The van der Waals surface area contributed by atoms with Crippen LogP contribution in [0, 0.1) is 0 Å². The number of Topliss-reactive ketones (excluding diaryl/α,β-unsaturated/α-hetero) is 1. The van der Waals surface area contributed by atoms with Crippen LogP contribution in [0.1, 0.15) is 21.3 Å². The first-order valence-corrected chi connectivity index (χ1v) is 5.32. The molecule has 0 bridgehead atoms. The molecule has 0 radical (unpaired) electrons. The minimum Gasteiger partial charge on any atom is -0.312 e. The van der Waals surface area contributed by atoms with Crippen LogP contribution in [-0.4, -0.2) is 28.8 Å². The van der Waals surface area contributed by atoms with Crippen LogP contribution >= 0.6 is 11.3 Å². The number of thiophene rings is 1. The Bertz CT molecular complexity index is 507. The van der Waals surface area contributed by atoms with Crippen molar-refractivity contribution in [2.75, 3.05) is 0 Å². The Morgan fingerprint density at radius 1 is 1.38 bits per heavy atom. The molecule has 0 unspecified atom stereocenters. The maximum atomic E-state index is 12.2. The lowest BCUT2D eigenvalue weighted by Crippen LogP contribution is -2.33. The highest BCUT2D eigenvalue weighted by Crippen LogP contribution is 2.54. The van der Waals surface area contributed by atoms with Crippen molar-refractivity contribution in [3.63, 3.8) is 0 Å². The topological polar surface area (TPSA) is 37.1 Å². The van der Waals surface area contributed by atoms with E-state index in [1.807, 2.05) is 0 Å². The van der Waals surface area contributed by atoms with E-state index in [0.29, 0.717) is 15.3 Å². The maximum Gasteiger partial charge on any atom is 0.471 e. The molecule has 0 saturated carbocycles. The molecule has 0 spiro atoms. The van der Waals surface area contributed by atoms with E-state index in [2.05, 4.69) is 0 Å². The van der Waals surface area contributed by atoms with Gasteiger partial charge in [0.2, 0.25) is 0 Å². The van der Waals surface area contributed by atoms with Crippen molar-refractivity contribution in [2.45, 2.75) is 18.3 Å². The Labute approximate surface area is 91.5 Å². The highest BCUT2D eigenvalue weighted by Gasteiger charge is 2.66. The number of halogens is 3. The largest absolute Gasteiger partial charge is 0.471 e. The quantitative estimate of drug-likeness (QED) is 0.655. The summed E-state index contributed by atoms with van der Waals surface area (Å²) in [6.07, 6.45) is -4.90. The maximum absolute atomic E-state index is 12.2. The number of carbonyl (C=O) groups is 2. The number of carbonyl (C=O) groups excluding carboxylic acids is 2. The molecule has 7 heteroatoms. The number of rotatable bonds is 0. The van der Waals surface area contributed by atoms with Gasteiger partial charge in [0, 0.05) is 0 Å². The fourth-order valence-corrected chi connectivity index (χ4v) is 3.02. The summed E-state index contributed by atoms with van der Waals surface area (Å²) >= 11 is 1.21. The van der Waals surface area contributed by atoms with Gasteiger partial charge in [0.25, 0.3) is 0 Å². The van der Waals surface area contributed by atoms with Crippen molar-refractivity contribution >= 4 is 23.0 Å². The standard InChI is InChI=1S/C9H4F3NO2S/c10-9(11,12)8(15)13-4-3-1-2-16-7(3)6(14)5(4)13/h1-2,4-5H/t4-,5+,13?/m1/s1. The van der Waals surface area contributed by atoms with Gasteiger partial charge < -0.3 is 4.90 Å². The Morgan fingerprint density at radius 3 is 2.69 bits per heavy atom. The van der Waals surface area contributed by atoms with Gasteiger partial charge in [0.05, 0.1) is 10.9 Å². The molecule has 1 aromatic rings. The van der Waals surface area contributed by atoms with Crippen LogP contribution in [0.2, 0.25) is 0 Å². The molecule has 1 amide bonds. The highest BCUT2D eigenvalue weighted by atomic mass is 32.1. The number of nitrogens with zero attached hydrogens (tertiary/aromatic N) is 1. The average molecular weight is 247 g/mol. The van der Waals surface area contributed by atoms with E-state index >= 15 is 0 Å². The summed E-state index contributed by atoms with van der Waals surface area (Å²) < 4.78 is 36.5. The number of alkyl halides is 3. The van der Waals surface area contributed by atoms with Crippen molar-refractivity contribution in [3.8, 4) is 0 Å². The summed E-state index contributed by atoms with van der Waals surface area (Å²) in [6.45, 7) is 0. The number of hydrogen-bond acceptors (Lipinski definition) is 3. The van der Waals surface area contributed by atoms with Gasteiger partial charge in [-0.15, -0.1) is 11.3 Å². The molecular weight excluding hydrogens is 243 g/mol. The fourth-order valence-electron chi connectivity index (χ4n) is 2.11. The van der Waals surface area contributed by atoms with Crippen LogP contribution in [0.3, 0.4) is 0 Å². The second kappa shape index (κ2) is 2.65. The average Bonchev–Trinajstić information content (AvgIpc) is 2.57. The van der Waals surface area contributed by atoms with Gasteiger partial charge in [-0.05, 0) is 17.0 Å². The molecule has 16 heavy (non-hydrogen) atoms. The molecule has 1 aliphatic heterocycles. The predicted molar refractivity (Wildman–Crippen MR) is 48.1 cm³/mol. The zero-order valence-electron chi connectivity index (χ0n) is 7.62. The van der Waals surface area contributed by atoms with Crippen molar-refractivity contribution in [1.29, 1.82) is 0 Å². The summed E-state index contributed by atoms with van der Waals surface area (Å²) in [5, 5.41) is 1.65. The molecule has 84 valence electrons. The first-order valence-electron chi connectivity index (χ1n) is 4.44. The van der Waals surface area contributed by atoms with Crippen LogP contribution < -0.4 is 0 Å². The predicted octanol–water partition coefficient (Wildman–Crippen LogP) is 1.76. The molecule has 2 heterocycles. The summed E-state index contributed by atoms with van der Waals surface area (Å²) in [7, 11) is 0. The van der Waals surface area contributed by atoms with E-state index in [9.17, 15) is 22.8 Å². The molecule has 1 fully saturated rings. The van der Waals surface area contributed by atoms with Crippen LogP contribution in [0.4, 0.5) is 13.2 Å². The second-order valence-electron chi connectivity index (χ2n) is 3.67. The molecule has 1 aromatic heterocycles. The number of ketones is 1. The van der Waals surface area contributed by atoms with Gasteiger partial charge in [0.1, 0.15) is 6.04 Å². The van der Waals surface area contributed by atoms with Gasteiger partial charge in [-0.1, -0.05) is 0 Å². The van der Waals surface area contributed by atoms with Crippen LogP contribution in [0.25, 0.3) is 0 Å². The first kappa shape index (κ1) is 9.83. The molecule has 0 N–H and O–H groups in total. The van der Waals surface area contributed by atoms with Gasteiger partial charge in [-0.3, -0.25) is 9.59 Å². The van der Waals surface area contributed by atoms with E-state index in [-0.39, 0.29) is 5.78 Å². The van der Waals surface area contributed by atoms with Crippen molar-refractivity contribution in [1.82, 2.24) is 4.90 Å². The molecule has 3 rings (SSSR count). The Kier molecular flexibility index (Phi) is 1.63. The second-order valence-corrected chi connectivity index (χ2v) is 4.59. The Hall–Kier alpha value is -1.37. The zero-order valence-corrected chi connectivity index (χ0v) is 8.43. The third kappa shape index (κ3) is 1.03. The van der Waals surface area contributed by atoms with Gasteiger partial charge >= 0.3 is 12.1 Å². The summed E-state index contributed by atoms with van der Waals surface area (Å²) in [6, 6.07) is 0.0196. The molecule has 1 aliphatic carbocycles. The van der Waals surface area contributed by atoms with E-state index < -0.39 is 24.2 Å². The number of amides is 1. The lowest BCUT2D eigenvalue weighted by Gasteiger charge is -2.09. The molecule has 0 aromatic carbocycles. The molecule has 2 aliphatic rings.